The van der Waals surface area contributed by atoms with Gasteiger partial charge in [0.15, 0.2) is 0 Å². The van der Waals surface area contributed by atoms with E-state index in [4.69, 9.17) is 10.2 Å². The van der Waals surface area contributed by atoms with Crippen molar-refractivity contribution in [2.45, 2.75) is 49.3 Å². The van der Waals surface area contributed by atoms with Crippen LogP contribution in [0.4, 0.5) is 4.79 Å². The maximum Gasteiger partial charge on any atom is 0.326 e. The van der Waals surface area contributed by atoms with Gasteiger partial charge in [0.25, 0.3) is 0 Å². The van der Waals surface area contributed by atoms with Crippen LogP contribution in [-0.4, -0.2) is 94.9 Å². The lowest BCUT2D eigenvalue weighted by Gasteiger charge is -2.18. The second kappa shape index (κ2) is 15.6. The lowest BCUT2D eigenvalue weighted by atomic mass is 10.1. The van der Waals surface area contributed by atoms with Crippen LogP contribution in [0.5, 0.6) is 0 Å². The van der Waals surface area contributed by atoms with Gasteiger partial charge in [-0.1, -0.05) is 11.8 Å². The van der Waals surface area contributed by atoms with Crippen LogP contribution in [0.25, 0.3) is 11.4 Å². The SMILES string of the molecule is O=C(O)CC[C@H](NC(=O)N[C@@H](CCCCNC(=O)CSc1nnc(-c2ccncc2)nn1)C(=O)O)C(=O)O. The van der Waals surface area contributed by atoms with Gasteiger partial charge in [-0.3, -0.25) is 14.6 Å². The molecule has 6 N–H and O–H groups in total. The molecule has 17 heteroatoms. The monoisotopic (exact) mass is 550 g/mol. The Labute approximate surface area is 220 Å². The maximum atomic E-state index is 12.0. The van der Waals surface area contributed by atoms with Gasteiger partial charge in [0, 0.05) is 30.9 Å². The first-order valence-electron chi connectivity index (χ1n) is 11.3. The van der Waals surface area contributed by atoms with Crippen molar-refractivity contribution in [2.75, 3.05) is 12.3 Å². The fourth-order valence-electron chi connectivity index (χ4n) is 2.92. The Morgan fingerprint density at radius 1 is 0.842 bits per heavy atom. The molecule has 0 unspecified atom stereocenters. The van der Waals surface area contributed by atoms with E-state index in [0.717, 1.165) is 11.8 Å². The highest BCUT2D eigenvalue weighted by atomic mass is 32.2. The summed E-state index contributed by atoms with van der Waals surface area (Å²) in [6, 6.07) is -0.405. The van der Waals surface area contributed by atoms with Crippen LogP contribution < -0.4 is 16.0 Å². The standard InChI is InChI=1S/C21H26N8O8S/c30-15(11-38-21-28-26-17(27-29-21)12-6-9-22-10-7-12)23-8-2-1-3-13(18(33)34)24-20(37)25-14(19(35)36)4-5-16(31)32/h6-7,9-10,13-14H,1-5,8,11H2,(H,23,30)(H,31,32)(H,33,34)(H,35,36)(H2,24,25,37)/t13-,14-/m0/s1. The minimum atomic E-state index is -1.48. The molecule has 0 bridgehead atoms. The summed E-state index contributed by atoms with van der Waals surface area (Å²) >= 11 is 1.05. The third-order valence-corrected chi connectivity index (χ3v) is 5.65. The predicted molar refractivity (Wildman–Crippen MR) is 130 cm³/mol. The zero-order valence-corrected chi connectivity index (χ0v) is 20.8. The molecule has 2 heterocycles. The number of carbonyl (C=O) groups is 5. The van der Waals surface area contributed by atoms with Gasteiger partial charge in [0.05, 0.1) is 5.75 Å². The van der Waals surface area contributed by atoms with E-state index >= 15 is 0 Å². The first-order valence-corrected chi connectivity index (χ1v) is 12.3. The Bertz CT molecular complexity index is 1110. The van der Waals surface area contributed by atoms with Gasteiger partial charge >= 0.3 is 23.9 Å². The molecule has 0 radical (unpaired) electrons. The highest BCUT2D eigenvalue weighted by molar-refractivity contribution is 7.99. The van der Waals surface area contributed by atoms with E-state index in [1.165, 1.54) is 0 Å². The summed E-state index contributed by atoms with van der Waals surface area (Å²) in [5.74, 6) is -3.95. The molecule has 204 valence electrons. The lowest BCUT2D eigenvalue weighted by Crippen LogP contribution is -2.51. The van der Waals surface area contributed by atoms with Crippen LogP contribution in [0.15, 0.2) is 29.7 Å². The summed E-state index contributed by atoms with van der Waals surface area (Å²) < 4.78 is 0. The Morgan fingerprint density at radius 2 is 1.45 bits per heavy atom. The molecule has 0 saturated heterocycles. The number of thioether (sulfide) groups is 1. The molecule has 38 heavy (non-hydrogen) atoms. The number of amides is 3. The zero-order chi connectivity index (χ0) is 27.9. The van der Waals surface area contributed by atoms with Gasteiger partial charge in [0.2, 0.25) is 16.9 Å². The Balaban J connectivity index is 1.66. The second-order valence-corrected chi connectivity index (χ2v) is 8.65. The van der Waals surface area contributed by atoms with E-state index < -0.39 is 42.4 Å². The van der Waals surface area contributed by atoms with Crippen molar-refractivity contribution in [1.82, 2.24) is 41.3 Å². The van der Waals surface area contributed by atoms with Gasteiger partial charge in [-0.2, -0.15) is 0 Å². The number of hydrogen-bond acceptors (Lipinski definition) is 11. The van der Waals surface area contributed by atoms with Gasteiger partial charge in [-0.25, -0.2) is 14.4 Å². The number of aliphatic carboxylic acids is 3. The molecular formula is C21H26N8O8S. The third-order valence-electron chi connectivity index (χ3n) is 4.83. The zero-order valence-electron chi connectivity index (χ0n) is 19.9. The van der Waals surface area contributed by atoms with Crippen molar-refractivity contribution in [3.63, 3.8) is 0 Å². The van der Waals surface area contributed by atoms with E-state index in [1.54, 1.807) is 24.5 Å². The van der Waals surface area contributed by atoms with E-state index in [2.05, 4.69) is 41.3 Å². The van der Waals surface area contributed by atoms with Crippen molar-refractivity contribution in [3.05, 3.63) is 24.5 Å². The molecule has 0 aliphatic heterocycles. The second-order valence-electron chi connectivity index (χ2n) is 7.71. The molecule has 2 atom stereocenters. The minimum Gasteiger partial charge on any atom is -0.481 e. The topological polar surface area (TPSA) is 247 Å². The molecule has 2 aromatic heterocycles. The molecule has 0 fully saturated rings. The van der Waals surface area contributed by atoms with Crippen LogP contribution >= 0.6 is 11.8 Å². The van der Waals surface area contributed by atoms with Crippen molar-refractivity contribution in [2.24, 2.45) is 0 Å². The number of carbonyl (C=O) groups excluding carboxylic acids is 2. The Kier molecular flexibility index (Phi) is 12.3. The van der Waals surface area contributed by atoms with Gasteiger partial charge in [-0.05, 0) is 37.8 Å². The van der Waals surface area contributed by atoms with Gasteiger partial charge < -0.3 is 31.3 Å². The predicted octanol–water partition coefficient (Wildman–Crippen LogP) is -0.222. The largest absolute Gasteiger partial charge is 0.481 e. The molecular weight excluding hydrogens is 524 g/mol. The fourth-order valence-corrected chi connectivity index (χ4v) is 3.48. The summed E-state index contributed by atoms with van der Waals surface area (Å²) in [6.07, 6.45) is 3.11. The molecule has 2 rings (SSSR count). The molecule has 0 saturated carbocycles. The maximum absolute atomic E-state index is 12.0. The number of unbranched alkanes of at least 4 members (excludes halogenated alkanes) is 1. The number of rotatable bonds is 16. The van der Waals surface area contributed by atoms with Crippen molar-refractivity contribution >= 4 is 41.6 Å². The van der Waals surface area contributed by atoms with Crippen LogP contribution in [-0.2, 0) is 19.2 Å². The fraction of sp³-hybridized carbons (Fsp3) is 0.429. The number of nitrogens with one attached hydrogen (secondary N) is 3. The summed E-state index contributed by atoms with van der Waals surface area (Å²) in [6.45, 7) is 0.256. The highest BCUT2D eigenvalue weighted by Crippen LogP contribution is 2.14. The van der Waals surface area contributed by atoms with Crippen LogP contribution in [0.1, 0.15) is 32.1 Å². The molecule has 0 spiro atoms. The van der Waals surface area contributed by atoms with Crippen molar-refractivity contribution < 1.29 is 39.3 Å². The normalized spacial score (nSPS) is 12.1. The number of pyridine rings is 1. The molecule has 0 aliphatic carbocycles. The average Bonchev–Trinajstić information content (AvgIpc) is 2.89. The van der Waals surface area contributed by atoms with Crippen molar-refractivity contribution in [3.8, 4) is 11.4 Å². The first-order chi connectivity index (χ1) is 18.2. The summed E-state index contributed by atoms with van der Waals surface area (Å²) in [7, 11) is 0. The quantitative estimate of drug-likeness (QED) is 0.117. The third kappa shape index (κ3) is 11.1. The number of carboxylic acids is 3. The molecule has 0 aliphatic rings. The number of carboxylic acid groups (broad SMARTS) is 3. The van der Waals surface area contributed by atoms with Crippen LogP contribution in [0.3, 0.4) is 0 Å². The summed E-state index contributed by atoms with van der Waals surface area (Å²) in [5.41, 5.74) is 0.704. The van der Waals surface area contributed by atoms with Gasteiger partial charge in [0.1, 0.15) is 12.1 Å². The lowest BCUT2D eigenvalue weighted by molar-refractivity contribution is -0.140. The highest BCUT2D eigenvalue weighted by Gasteiger charge is 2.24. The number of nitrogens with zero attached hydrogens (tertiary/aromatic N) is 5. The van der Waals surface area contributed by atoms with E-state index in [9.17, 15) is 29.1 Å². The van der Waals surface area contributed by atoms with Gasteiger partial charge in [-0.15, -0.1) is 20.4 Å². The number of aromatic nitrogens is 5. The summed E-state index contributed by atoms with van der Waals surface area (Å²) in [5, 5.41) is 49.9. The molecule has 3 amide bonds. The smallest absolute Gasteiger partial charge is 0.326 e. The van der Waals surface area contributed by atoms with E-state index in [0.29, 0.717) is 24.2 Å². The van der Waals surface area contributed by atoms with E-state index in [-0.39, 0.29) is 36.2 Å². The Morgan fingerprint density at radius 3 is 2.03 bits per heavy atom. The number of hydrogen-bond donors (Lipinski definition) is 6. The van der Waals surface area contributed by atoms with E-state index in [1.807, 2.05) is 0 Å². The van der Waals surface area contributed by atoms with Crippen LogP contribution in [0.2, 0.25) is 0 Å². The Hall–Kier alpha value is -4.41. The first kappa shape index (κ1) is 29.8. The van der Waals surface area contributed by atoms with Crippen molar-refractivity contribution in [1.29, 1.82) is 0 Å². The average molecular weight is 551 g/mol. The minimum absolute atomic E-state index is 0.0179. The molecule has 0 aromatic carbocycles. The number of urea groups is 1. The molecule has 16 nitrogen and oxygen atoms in total. The van der Waals surface area contributed by atoms with Crippen LogP contribution in [0, 0.1) is 0 Å². The summed E-state index contributed by atoms with van der Waals surface area (Å²) in [4.78, 5) is 61.1. The molecule has 2 aromatic rings.